The summed E-state index contributed by atoms with van der Waals surface area (Å²) in [6.07, 6.45) is 5.91. The first-order valence-electron chi connectivity index (χ1n) is 12.0. The molecule has 6 heterocycles. The second-order valence-corrected chi connectivity index (χ2v) is 11.2. The number of ether oxygens (including phenoxy) is 1. The summed E-state index contributed by atoms with van der Waals surface area (Å²) >= 11 is 8.31. The first-order valence-corrected chi connectivity index (χ1v) is 13.3. The van der Waals surface area contributed by atoms with Crippen LogP contribution in [0.25, 0.3) is 21.3 Å². The summed E-state index contributed by atoms with van der Waals surface area (Å²) < 4.78 is 5.90. The highest BCUT2D eigenvalue weighted by molar-refractivity contribution is 7.17. The predicted octanol–water partition coefficient (Wildman–Crippen LogP) is 4.87. The van der Waals surface area contributed by atoms with Crippen molar-refractivity contribution < 1.29 is 9.84 Å². The second kappa shape index (κ2) is 7.80. The largest absolute Gasteiger partial charge is 0.393 e. The van der Waals surface area contributed by atoms with Gasteiger partial charge < -0.3 is 19.6 Å². The smallest absolute Gasteiger partial charge is 0.229 e. The van der Waals surface area contributed by atoms with Crippen molar-refractivity contribution in [1.82, 2.24) is 9.97 Å². The van der Waals surface area contributed by atoms with E-state index in [0.29, 0.717) is 24.2 Å². The maximum atomic E-state index is 10.3. The number of aliphatic hydroxyl groups excluding tert-OH is 1. The molecule has 4 bridgehead atoms. The number of halogens is 1. The quantitative estimate of drug-likeness (QED) is 0.574. The van der Waals surface area contributed by atoms with Gasteiger partial charge >= 0.3 is 0 Å². The molecule has 8 heteroatoms. The molecule has 3 aromatic rings. The molecule has 4 fully saturated rings. The number of fused-ring (bicyclic) bond motifs is 5. The zero-order valence-corrected chi connectivity index (χ0v) is 19.9. The van der Waals surface area contributed by atoms with Crippen LogP contribution in [0.1, 0.15) is 38.5 Å². The Morgan fingerprint density at radius 3 is 2.33 bits per heavy atom. The first kappa shape index (κ1) is 20.4. The normalized spacial score (nSPS) is 31.0. The predicted molar refractivity (Wildman–Crippen MR) is 132 cm³/mol. The van der Waals surface area contributed by atoms with Crippen LogP contribution in [0.3, 0.4) is 0 Å². The molecule has 0 saturated carbocycles. The fourth-order valence-electron chi connectivity index (χ4n) is 6.54. The van der Waals surface area contributed by atoms with Crippen LogP contribution in [-0.2, 0) is 4.74 Å². The summed E-state index contributed by atoms with van der Waals surface area (Å²) in [4.78, 5) is 16.4. The molecule has 2 aromatic heterocycles. The van der Waals surface area contributed by atoms with Crippen molar-refractivity contribution in [2.75, 3.05) is 23.0 Å². The van der Waals surface area contributed by atoms with E-state index in [1.807, 2.05) is 18.2 Å². The van der Waals surface area contributed by atoms with Crippen LogP contribution in [0, 0.1) is 0 Å². The van der Waals surface area contributed by atoms with Gasteiger partial charge in [0, 0.05) is 33.6 Å². The summed E-state index contributed by atoms with van der Waals surface area (Å²) in [5.74, 6) is 1.86. The third kappa shape index (κ3) is 3.20. The summed E-state index contributed by atoms with van der Waals surface area (Å²) in [6, 6.07) is 9.41. The Morgan fingerprint density at radius 2 is 1.61 bits per heavy atom. The molecule has 0 amide bonds. The highest BCUT2D eigenvalue weighted by Crippen LogP contribution is 2.46. The molecule has 4 saturated heterocycles. The van der Waals surface area contributed by atoms with E-state index in [0.717, 1.165) is 89.9 Å². The summed E-state index contributed by atoms with van der Waals surface area (Å²) in [7, 11) is 0. The third-order valence-corrected chi connectivity index (χ3v) is 9.19. The van der Waals surface area contributed by atoms with Gasteiger partial charge in [-0.1, -0.05) is 29.8 Å². The number of piperidine rings is 1. The average Bonchev–Trinajstić information content (AvgIpc) is 3.43. The van der Waals surface area contributed by atoms with Gasteiger partial charge in [-0.25, -0.2) is 4.98 Å². The molecule has 33 heavy (non-hydrogen) atoms. The van der Waals surface area contributed by atoms with E-state index in [1.165, 1.54) is 0 Å². The number of morpholine rings is 1. The zero-order chi connectivity index (χ0) is 22.1. The van der Waals surface area contributed by atoms with Crippen molar-refractivity contribution in [2.24, 2.45) is 0 Å². The van der Waals surface area contributed by atoms with E-state index in [9.17, 15) is 5.11 Å². The molecule has 1 aromatic carbocycles. The van der Waals surface area contributed by atoms with Crippen LogP contribution in [0.4, 0.5) is 11.8 Å². The Hall–Kier alpha value is -1.93. The molecular formula is C25H27ClN4O2S. The van der Waals surface area contributed by atoms with Crippen LogP contribution >= 0.6 is 22.9 Å². The van der Waals surface area contributed by atoms with E-state index < -0.39 is 0 Å². The van der Waals surface area contributed by atoms with Crippen LogP contribution in [-0.4, -0.2) is 58.6 Å². The van der Waals surface area contributed by atoms with Crippen LogP contribution < -0.4 is 9.80 Å². The minimum atomic E-state index is -0.203. The topological polar surface area (TPSA) is 61.7 Å². The minimum absolute atomic E-state index is 0.203. The number of aliphatic hydroxyl groups is 1. The van der Waals surface area contributed by atoms with E-state index in [4.69, 9.17) is 26.3 Å². The van der Waals surface area contributed by atoms with E-state index in [-0.39, 0.29) is 6.10 Å². The SMILES string of the molecule is OC1CC2CCC(C1)N2c1nc(N2C3CCC2COC3)c2c(-c3ccccc3Cl)csc2n1. The molecular weight excluding hydrogens is 456 g/mol. The molecule has 4 atom stereocenters. The maximum Gasteiger partial charge on any atom is 0.229 e. The molecule has 7 rings (SSSR count). The van der Waals surface area contributed by atoms with Crippen molar-refractivity contribution in [3.63, 3.8) is 0 Å². The minimum Gasteiger partial charge on any atom is -0.393 e. The molecule has 0 radical (unpaired) electrons. The number of nitrogens with zero attached hydrogens (tertiary/aromatic N) is 4. The fraction of sp³-hybridized carbons (Fsp3) is 0.520. The van der Waals surface area contributed by atoms with Gasteiger partial charge in [-0.2, -0.15) is 4.98 Å². The van der Waals surface area contributed by atoms with Gasteiger partial charge in [0.2, 0.25) is 5.95 Å². The van der Waals surface area contributed by atoms with Gasteiger partial charge in [-0.3, -0.25) is 0 Å². The van der Waals surface area contributed by atoms with Crippen molar-refractivity contribution >= 4 is 44.9 Å². The number of aromatic nitrogens is 2. The van der Waals surface area contributed by atoms with Crippen molar-refractivity contribution in [3.05, 3.63) is 34.7 Å². The van der Waals surface area contributed by atoms with Crippen LogP contribution in [0.5, 0.6) is 0 Å². The molecule has 4 aliphatic heterocycles. The number of hydrogen-bond donors (Lipinski definition) is 1. The lowest BCUT2D eigenvalue weighted by Crippen LogP contribution is -2.48. The molecule has 4 aliphatic rings. The molecule has 172 valence electrons. The Bertz CT molecular complexity index is 1190. The standard InChI is InChI=1S/C25H27ClN4O2S/c26-21-4-2-1-3-19(21)20-13-33-24-22(20)23(29-16-7-8-17(29)12-32-11-16)27-25(28-24)30-14-5-6-15(30)10-18(31)9-14/h1-4,13-18,31H,5-12H2. The summed E-state index contributed by atoms with van der Waals surface area (Å²) in [6.45, 7) is 1.51. The number of hydrogen-bond acceptors (Lipinski definition) is 7. The molecule has 0 spiro atoms. The Balaban J connectivity index is 1.43. The second-order valence-electron chi connectivity index (χ2n) is 9.90. The van der Waals surface area contributed by atoms with E-state index >= 15 is 0 Å². The Kier molecular flexibility index (Phi) is 4.83. The van der Waals surface area contributed by atoms with Gasteiger partial charge in [0.1, 0.15) is 10.6 Å². The lowest BCUT2D eigenvalue weighted by atomic mass is 10.0. The number of anilines is 2. The highest BCUT2D eigenvalue weighted by atomic mass is 35.5. The van der Waals surface area contributed by atoms with Gasteiger partial charge in [0.15, 0.2) is 0 Å². The van der Waals surface area contributed by atoms with Crippen LogP contribution in [0.2, 0.25) is 5.02 Å². The van der Waals surface area contributed by atoms with Gasteiger partial charge in [-0.05, 0) is 44.6 Å². The van der Waals surface area contributed by atoms with Crippen LogP contribution in [0.15, 0.2) is 29.6 Å². The monoisotopic (exact) mass is 482 g/mol. The van der Waals surface area contributed by atoms with Crippen molar-refractivity contribution in [2.45, 2.75) is 68.8 Å². The first-order chi connectivity index (χ1) is 16.2. The van der Waals surface area contributed by atoms with Gasteiger partial charge in [-0.15, -0.1) is 11.3 Å². The number of thiophene rings is 1. The molecule has 1 N–H and O–H groups in total. The zero-order valence-electron chi connectivity index (χ0n) is 18.4. The number of rotatable bonds is 3. The van der Waals surface area contributed by atoms with Gasteiger partial charge in [0.05, 0.1) is 36.8 Å². The van der Waals surface area contributed by atoms with E-state index in [2.05, 4.69) is 21.2 Å². The summed E-state index contributed by atoms with van der Waals surface area (Å²) in [5, 5.41) is 14.4. The lowest BCUT2D eigenvalue weighted by molar-refractivity contribution is 0.0903. The highest BCUT2D eigenvalue weighted by Gasteiger charge is 2.44. The molecule has 4 unspecified atom stereocenters. The lowest BCUT2D eigenvalue weighted by Gasteiger charge is -2.39. The van der Waals surface area contributed by atoms with Crippen molar-refractivity contribution in [1.29, 1.82) is 0 Å². The van der Waals surface area contributed by atoms with Crippen molar-refractivity contribution in [3.8, 4) is 11.1 Å². The fourth-order valence-corrected chi connectivity index (χ4v) is 7.71. The Labute approximate surface area is 202 Å². The maximum absolute atomic E-state index is 10.3. The van der Waals surface area contributed by atoms with E-state index in [1.54, 1.807) is 11.3 Å². The third-order valence-electron chi connectivity index (χ3n) is 7.99. The average molecular weight is 483 g/mol. The molecule has 0 aliphatic carbocycles. The molecule has 6 nitrogen and oxygen atoms in total. The Morgan fingerprint density at radius 1 is 0.909 bits per heavy atom. The number of benzene rings is 1. The van der Waals surface area contributed by atoms with Gasteiger partial charge in [0.25, 0.3) is 0 Å². The summed E-state index contributed by atoms with van der Waals surface area (Å²) in [5.41, 5.74) is 2.15.